The molecule has 0 aromatic heterocycles. The number of piperidine rings is 1. The van der Waals surface area contributed by atoms with E-state index < -0.39 is 0 Å². The van der Waals surface area contributed by atoms with Crippen LogP contribution in [0.4, 0.5) is 0 Å². The summed E-state index contributed by atoms with van der Waals surface area (Å²) in [5.74, 6) is 1.83. The molecule has 0 N–H and O–H groups in total. The van der Waals surface area contributed by atoms with E-state index in [2.05, 4.69) is 33.5 Å². The van der Waals surface area contributed by atoms with E-state index in [1.54, 1.807) is 0 Å². The van der Waals surface area contributed by atoms with Crippen LogP contribution in [0.5, 0.6) is 0 Å². The Hall–Kier alpha value is -0.0151. The van der Waals surface area contributed by atoms with Gasteiger partial charge >= 0.3 is 0 Å². The zero-order chi connectivity index (χ0) is 13.7. The monoisotopic (exact) mass is 263 g/mol. The summed E-state index contributed by atoms with van der Waals surface area (Å²) in [6.07, 6.45) is 7.11. The number of likely N-dealkylation sites (tertiary alicyclic amines) is 1. The van der Waals surface area contributed by atoms with E-state index in [0.29, 0.717) is 16.9 Å². The van der Waals surface area contributed by atoms with Crippen molar-refractivity contribution in [2.75, 3.05) is 19.8 Å². The van der Waals surface area contributed by atoms with Gasteiger partial charge in [0.15, 0.2) is 0 Å². The van der Waals surface area contributed by atoms with Crippen LogP contribution in [0.25, 0.3) is 0 Å². The van der Waals surface area contributed by atoms with Crippen LogP contribution in [-0.2, 0) is 4.74 Å². The lowest BCUT2D eigenvalue weighted by Crippen LogP contribution is -2.71. The third-order valence-corrected chi connectivity index (χ3v) is 6.08. The van der Waals surface area contributed by atoms with E-state index in [4.69, 9.17) is 4.74 Å². The average Bonchev–Trinajstić information content (AvgIpc) is 2.41. The molecule has 3 heteroatoms. The lowest BCUT2D eigenvalue weighted by molar-refractivity contribution is -0.207. The van der Waals surface area contributed by atoms with E-state index in [1.807, 2.05) is 0 Å². The molecular formula is C16H30BNO. The fourth-order valence-electron chi connectivity index (χ4n) is 5.21. The molecule has 2 saturated heterocycles. The van der Waals surface area contributed by atoms with Crippen molar-refractivity contribution in [1.29, 1.82) is 0 Å². The minimum Gasteiger partial charge on any atom is -0.377 e. The molecule has 1 spiro atoms. The summed E-state index contributed by atoms with van der Waals surface area (Å²) in [5.41, 5.74) is 0.400. The quantitative estimate of drug-likeness (QED) is 0.674. The first-order valence-electron chi connectivity index (χ1n) is 8.29. The molecule has 108 valence electrons. The summed E-state index contributed by atoms with van der Waals surface area (Å²) in [6.45, 7) is 10.5. The van der Waals surface area contributed by atoms with Gasteiger partial charge in [-0.1, -0.05) is 31.5 Å². The van der Waals surface area contributed by atoms with Crippen molar-refractivity contribution in [2.45, 2.75) is 69.8 Å². The minimum atomic E-state index is 0.400. The number of fused-ring (bicyclic) bond motifs is 2. The van der Waals surface area contributed by atoms with Gasteiger partial charge in [0.2, 0.25) is 0 Å². The third kappa shape index (κ3) is 2.27. The molecular weight excluding hydrogens is 233 g/mol. The van der Waals surface area contributed by atoms with Crippen LogP contribution in [-0.4, -0.2) is 44.1 Å². The molecule has 2 aliphatic heterocycles. The summed E-state index contributed by atoms with van der Waals surface area (Å²) in [4.78, 5) is 2.77. The highest BCUT2D eigenvalue weighted by Gasteiger charge is 2.56. The first-order chi connectivity index (χ1) is 8.95. The molecule has 0 amide bonds. The summed E-state index contributed by atoms with van der Waals surface area (Å²) in [7, 11) is 2.48. The van der Waals surface area contributed by atoms with Gasteiger partial charge in [-0.05, 0) is 45.1 Å². The van der Waals surface area contributed by atoms with Gasteiger partial charge in [-0.3, -0.25) is 4.90 Å². The van der Waals surface area contributed by atoms with Crippen molar-refractivity contribution in [2.24, 2.45) is 11.8 Å². The molecule has 0 aromatic rings. The fraction of sp³-hybridized carbons (Fsp3) is 1.00. The first kappa shape index (κ1) is 13.9. The van der Waals surface area contributed by atoms with Crippen molar-refractivity contribution in [3.8, 4) is 0 Å². The molecule has 3 fully saturated rings. The number of hydrogen-bond acceptors (Lipinski definition) is 2. The molecule has 0 aromatic carbocycles. The second-order valence-electron chi connectivity index (χ2n) is 8.30. The lowest BCUT2D eigenvalue weighted by atomic mass is 9.60. The zero-order valence-electron chi connectivity index (χ0n) is 13.2. The largest absolute Gasteiger partial charge is 0.377 e. The number of ether oxygens (including phenoxy) is 1. The van der Waals surface area contributed by atoms with Gasteiger partial charge in [-0.2, -0.15) is 0 Å². The molecule has 0 radical (unpaired) electrons. The van der Waals surface area contributed by atoms with Gasteiger partial charge in [0, 0.05) is 6.04 Å². The van der Waals surface area contributed by atoms with Crippen LogP contribution < -0.4 is 0 Å². The van der Waals surface area contributed by atoms with E-state index in [-0.39, 0.29) is 0 Å². The van der Waals surface area contributed by atoms with E-state index in [1.165, 1.54) is 38.6 Å². The molecule has 19 heavy (non-hydrogen) atoms. The highest BCUT2D eigenvalue weighted by molar-refractivity contribution is 6.14. The van der Waals surface area contributed by atoms with Gasteiger partial charge in [-0.15, -0.1) is 0 Å². The van der Waals surface area contributed by atoms with Gasteiger partial charge in [0.05, 0.1) is 18.8 Å². The Morgan fingerprint density at radius 3 is 2.58 bits per heavy atom. The predicted octanol–water partition coefficient (Wildman–Crippen LogP) is 2.49. The van der Waals surface area contributed by atoms with Gasteiger partial charge < -0.3 is 4.74 Å². The molecule has 1 saturated carbocycles. The van der Waals surface area contributed by atoms with Crippen LogP contribution in [0.15, 0.2) is 0 Å². The average molecular weight is 263 g/mol. The normalized spacial score (nSPS) is 42.7. The zero-order valence-corrected chi connectivity index (χ0v) is 13.2. The van der Waals surface area contributed by atoms with Crippen LogP contribution in [0.3, 0.4) is 0 Å². The Balaban J connectivity index is 1.85. The van der Waals surface area contributed by atoms with Crippen molar-refractivity contribution in [3.05, 3.63) is 0 Å². The van der Waals surface area contributed by atoms with Crippen molar-refractivity contribution in [3.63, 3.8) is 0 Å². The fourth-order valence-corrected chi connectivity index (χ4v) is 5.21. The Bertz CT molecular complexity index is 338. The second kappa shape index (κ2) is 4.77. The second-order valence-corrected chi connectivity index (χ2v) is 8.30. The summed E-state index contributed by atoms with van der Waals surface area (Å²) < 4.78 is 5.70. The van der Waals surface area contributed by atoms with Crippen molar-refractivity contribution >= 4 is 7.85 Å². The van der Waals surface area contributed by atoms with Crippen LogP contribution in [0, 0.1) is 11.8 Å². The van der Waals surface area contributed by atoms with Crippen molar-refractivity contribution in [1.82, 2.24) is 4.90 Å². The van der Waals surface area contributed by atoms with Gasteiger partial charge in [0.1, 0.15) is 7.85 Å². The summed E-state index contributed by atoms with van der Waals surface area (Å²) in [6, 6.07) is 0.668. The van der Waals surface area contributed by atoms with Crippen LogP contribution in [0.1, 0.15) is 52.9 Å². The molecule has 3 rings (SSSR count). The number of hydrogen-bond donors (Lipinski definition) is 0. The predicted molar refractivity (Wildman–Crippen MR) is 82.4 cm³/mol. The number of nitrogens with zero attached hydrogens (tertiary/aromatic N) is 1. The maximum atomic E-state index is 5.70. The van der Waals surface area contributed by atoms with Gasteiger partial charge in [-0.25, -0.2) is 0 Å². The molecule has 3 aliphatic rings. The molecule has 3 unspecified atom stereocenters. The smallest absolute Gasteiger partial charge is 0.109 e. The van der Waals surface area contributed by atoms with Crippen LogP contribution in [0.2, 0.25) is 5.31 Å². The van der Waals surface area contributed by atoms with E-state index >= 15 is 0 Å². The molecule has 0 bridgehead atoms. The topological polar surface area (TPSA) is 12.5 Å². The van der Waals surface area contributed by atoms with E-state index in [0.717, 1.165) is 25.0 Å². The third-order valence-electron chi connectivity index (χ3n) is 6.08. The molecule has 1 aliphatic carbocycles. The summed E-state index contributed by atoms with van der Waals surface area (Å²) >= 11 is 0. The Kier molecular flexibility index (Phi) is 3.50. The molecule has 2 heterocycles. The Labute approximate surface area is 119 Å². The standard InChI is InChI=1S/C16H30BNO/c1-12(2)18-8-6-13-9-15(3,17)7-4-5-14(13)16(18)10-19-11-16/h12-14H,4-11,17H2,1-3H3. The van der Waals surface area contributed by atoms with Crippen LogP contribution >= 0.6 is 0 Å². The molecule has 2 nitrogen and oxygen atoms in total. The first-order valence-corrected chi connectivity index (χ1v) is 8.29. The SMILES string of the molecule is BC1(C)CCCC2C(CCN(C(C)C)C23COC3)C1. The Morgan fingerprint density at radius 1 is 1.26 bits per heavy atom. The minimum absolute atomic E-state index is 0.400. The highest BCUT2D eigenvalue weighted by Crippen LogP contribution is 2.53. The number of rotatable bonds is 1. The molecule has 3 atom stereocenters. The Morgan fingerprint density at radius 2 is 2.00 bits per heavy atom. The maximum Gasteiger partial charge on any atom is 0.109 e. The van der Waals surface area contributed by atoms with Crippen molar-refractivity contribution < 1.29 is 4.74 Å². The van der Waals surface area contributed by atoms with E-state index in [9.17, 15) is 0 Å². The van der Waals surface area contributed by atoms with Gasteiger partial charge in [0.25, 0.3) is 0 Å². The maximum absolute atomic E-state index is 5.70. The summed E-state index contributed by atoms with van der Waals surface area (Å²) in [5, 5.41) is 0.561. The highest BCUT2D eigenvalue weighted by atomic mass is 16.5. The lowest BCUT2D eigenvalue weighted by Gasteiger charge is -2.61.